The number of aromatic nitrogens is 2. The molecule has 2 heterocycles. The van der Waals surface area contributed by atoms with Gasteiger partial charge >= 0.3 is 0 Å². The van der Waals surface area contributed by atoms with E-state index in [4.69, 9.17) is 9.84 Å². The Morgan fingerprint density at radius 3 is 2.83 bits per heavy atom. The maximum Gasteiger partial charge on any atom is 0.274 e. The Morgan fingerprint density at radius 1 is 1.33 bits per heavy atom. The van der Waals surface area contributed by atoms with Crippen LogP contribution in [-0.4, -0.2) is 52.0 Å². The molecule has 24 heavy (non-hydrogen) atoms. The van der Waals surface area contributed by atoms with Crippen molar-refractivity contribution in [1.82, 2.24) is 14.7 Å². The third-order valence-electron chi connectivity index (χ3n) is 4.48. The van der Waals surface area contributed by atoms with Gasteiger partial charge in [-0.3, -0.25) is 4.79 Å². The Bertz CT molecular complexity index is 681. The standard InChI is InChI=1S/C18H23N3O3/c1-24-16-8-6-15(7-9-16)21-12-10-17(19-21)18(23)20-11-2-4-14(20)5-3-13-22/h6-10,12,14,22H,2-5,11,13H2,1H3. The molecule has 1 aliphatic heterocycles. The number of likely N-dealkylation sites (tertiary alicyclic amines) is 1. The lowest BCUT2D eigenvalue weighted by Crippen LogP contribution is -2.36. The minimum absolute atomic E-state index is 0.0253. The lowest BCUT2D eigenvalue weighted by atomic mass is 10.1. The van der Waals surface area contributed by atoms with E-state index in [0.717, 1.165) is 43.7 Å². The Morgan fingerprint density at radius 2 is 2.12 bits per heavy atom. The lowest BCUT2D eigenvalue weighted by Gasteiger charge is -2.23. The van der Waals surface area contributed by atoms with Crippen LogP contribution in [0.15, 0.2) is 36.5 Å². The van der Waals surface area contributed by atoms with Crippen LogP contribution in [0.5, 0.6) is 5.75 Å². The van der Waals surface area contributed by atoms with Gasteiger partial charge in [0.25, 0.3) is 5.91 Å². The molecular formula is C18H23N3O3. The molecule has 1 N–H and O–H groups in total. The quantitative estimate of drug-likeness (QED) is 0.883. The number of amides is 1. The van der Waals surface area contributed by atoms with Crippen molar-refractivity contribution < 1.29 is 14.6 Å². The summed E-state index contributed by atoms with van der Waals surface area (Å²) in [4.78, 5) is 14.6. The first-order valence-electron chi connectivity index (χ1n) is 8.35. The van der Waals surface area contributed by atoms with Crippen LogP contribution >= 0.6 is 0 Å². The van der Waals surface area contributed by atoms with Crippen LogP contribution in [0, 0.1) is 0 Å². The largest absolute Gasteiger partial charge is 0.497 e. The fraction of sp³-hybridized carbons (Fsp3) is 0.444. The number of aliphatic hydroxyl groups is 1. The zero-order chi connectivity index (χ0) is 16.9. The molecule has 6 nitrogen and oxygen atoms in total. The van der Waals surface area contributed by atoms with Crippen molar-refractivity contribution in [2.75, 3.05) is 20.3 Å². The van der Waals surface area contributed by atoms with Crippen molar-refractivity contribution >= 4 is 5.91 Å². The molecule has 128 valence electrons. The van der Waals surface area contributed by atoms with Gasteiger partial charge in [-0.15, -0.1) is 0 Å². The van der Waals surface area contributed by atoms with E-state index in [1.165, 1.54) is 0 Å². The van der Waals surface area contributed by atoms with Crippen LogP contribution < -0.4 is 4.74 Å². The first kappa shape index (κ1) is 16.5. The molecule has 1 aromatic carbocycles. The maximum atomic E-state index is 12.7. The molecule has 1 aromatic heterocycles. The number of aliphatic hydroxyl groups excluding tert-OH is 1. The van der Waals surface area contributed by atoms with E-state index in [9.17, 15) is 4.79 Å². The van der Waals surface area contributed by atoms with Gasteiger partial charge < -0.3 is 14.7 Å². The summed E-state index contributed by atoms with van der Waals surface area (Å²) in [5, 5.41) is 13.4. The highest BCUT2D eigenvalue weighted by Crippen LogP contribution is 2.23. The molecule has 0 spiro atoms. The highest BCUT2D eigenvalue weighted by Gasteiger charge is 2.30. The van der Waals surface area contributed by atoms with Gasteiger partial charge in [0.2, 0.25) is 0 Å². The van der Waals surface area contributed by atoms with E-state index >= 15 is 0 Å². The van der Waals surface area contributed by atoms with Gasteiger partial charge in [0.1, 0.15) is 5.75 Å². The molecule has 0 saturated carbocycles. The molecule has 2 aromatic rings. The van der Waals surface area contributed by atoms with Crippen molar-refractivity contribution in [2.45, 2.75) is 31.7 Å². The predicted molar refractivity (Wildman–Crippen MR) is 90.5 cm³/mol. The molecule has 1 amide bonds. The molecular weight excluding hydrogens is 306 g/mol. The van der Waals surface area contributed by atoms with Crippen LogP contribution in [0.1, 0.15) is 36.2 Å². The van der Waals surface area contributed by atoms with Gasteiger partial charge in [0, 0.05) is 25.4 Å². The van der Waals surface area contributed by atoms with Gasteiger partial charge in [-0.05, 0) is 56.0 Å². The van der Waals surface area contributed by atoms with Gasteiger partial charge in [-0.25, -0.2) is 4.68 Å². The van der Waals surface area contributed by atoms with Crippen molar-refractivity contribution in [1.29, 1.82) is 0 Å². The Kier molecular flexibility index (Phi) is 5.15. The second-order valence-electron chi connectivity index (χ2n) is 6.00. The summed E-state index contributed by atoms with van der Waals surface area (Å²) >= 11 is 0. The normalized spacial score (nSPS) is 17.2. The van der Waals surface area contributed by atoms with E-state index in [2.05, 4.69) is 5.10 Å². The van der Waals surface area contributed by atoms with Crippen LogP contribution in [0.2, 0.25) is 0 Å². The van der Waals surface area contributed by atoms with Crippen LogP contribution in [0.3, 0.4) is 0 Å². The Balaban J connectivity index is 1.73. The molecule has 0 bridgehead atoms. The summed E-state index contributed by atoms with van der Waals surface area (Å²) in [5.74, 6) is 0.758. The zero-order valence-corrected chi connectivity index (χ0v) is 13.9. The van der Waals surface area contributed by atoms with E-state index in [1.807, 2.05) is 29.2 Å². The zero-order valence-electron chi connectivity index (χ0n) is 13.9. The van der Waals surface area contributed by atoms with Gasteiger partial charge in [0.05, 0.1) is 12.8 Å². The minimum Gasteiger partial charge on any atom is -0.497 e. The molecule has 0 radical (unpaired) electrons. The van der Waals surface area contributed by atoms with Gasteiger partial charge in [-0.1, -0.05) is 0 Å². The molecule has 1 aliphatic rings. The van der Waals surface area contributed by atoms with E-state index in [-0.39, 0.29) is 18.6 Å². The SMILES string of the molecule is COc1ccc(-n2ccc(C(=O)N3CCCC3CCCO)n2)cc1. The molecule has 6 heteroatoms. The second kappa shape index (κ2) is 7.49. The average Bonchev–Trinajstić information content (AvgIpc) is 3.29. The monoisotopic (exact) mass is 329 g/mol. The summed E-state index contributed by atoms with van der Waals surface area (Å²) in [6.45, 7) is 0.939. The number of methoxy groups -OCH3 is 1. The van der Waals surface area contributed by atoms with Gasteiger partial charge in [-0.2, -0.15) is 5.10 Å². The van der Waals surface area contributed by atoms with E-state index in [1.54, 1.807) is 24.1 Å². The van der Waals surface area contributed by atoms with Crippen molar-refractivity contribution in [3.63, 3.8) is 0 Å². The lowest BCUT2D eigenvalue weighted by molar-refractivity contribution is 0.0718. The summed E-state index contributed by atoms with van der Waals surface area (Å²) in [6.07, 6.45) is 5.40. The minimum atomic E-state index is -0.0253. The smallest absolute Gasteiger partial charge is 0.274 e. The highest BCUT2D eigenvalue weighted by atomic mass is 16.5. The molecule has 3 rings (SSSR count). The van der Waals surface area contributed by atoms with Crippen LogP contribution in [-0.2, 0) is 0 Å². The van der Waals surface area contributed by atoms with Crippen molar-refractivity contribution in [2.24, 2.45) is 0 Å². The van der Waals surface area contributed by atoms with Crippen LogP contribution in [0.4, 0.5) is 0 Å². The molecule has 1 unspecified atom stereocenters. The van der Waals surface area contributed by atoms with Crippen molar-refractivity contribution in [3.8, 4) is 11.4 Å². The molecule has 0 aliphatic carbocycles. The summed E-state index contributed by atoms with van der Waals surface area (Å²) < 4.78 is 6.85. The number of hydrogen-bond donors (Lipinski definition) is 1. The number of carbonyl (C=O) groups excluding carboxylic acids is 1. The third kappa shape index (κ3) is 3.43. The third-order valence-corrected chi connectivity index (χ3v) is 4.48. The maximum absolute atomic E-state index is 12.7. The molecule has 1 atom stereocenters. The predicted octanol–water partition coefficient (Wildman–Crippen LogP) is 2.26. The fourth-order valence-electron chi connectivity index (χ4n) is 3.19. The number of ether oxygens (including phenoxy) is 1. The topological polar surface area (TPSA) is 67.6 Å². The van der Waals surface area contributed by atoms with Gasteiger partial charge in [0.15, 0.2) is 5.69 Å². The summed E-state index contributed by atoms with van der Waals surface area (Å²) in [5.41, 5.74) is 1.34. The second-order valence-corrected chi connectivity index (χ2v) is 6.00. The number of rotatable bonds is 6. The van der Waals surface area contributed by atoms with E-state index < -0.39 is 0 Å². The molecule has 1 fully saturated rings. The molecule has 1 saturated heterocycles. The average molecular weight is 329 g/mol. The number of nitrogens with zero attached hydrogens (tertiary/aromatic N) is 3. The summed E-state index contributed by atoms with van der Waals surface area (Å²) in [6, 6.07) is 9.51. The van der Waals surface area contributed by atoms with E-state index in [0.29, 0.717) is 5.69 Å². The number of carbonyl (C=O) groups is 1. The van der Waals surface area contributed by atoms with Crippen molar-refractivity contribution in [3.05, 3.63) is 42.2 Å². The number of benzene rings is 1. The number of hydrogen-bond acceptors (Lipinski definition) is 4. The first-order valence-corrected chi connectivity index (χ1v) is 8.35. The van der Waals surface area contributed by atoms with Crippen LogP contribution in [0.25, 0.3) is 5.69 Å². The first-order chi connectivity index (χ1) is 11.7. The fourth-order valence-corrected chi connectivity index (χ4v) is 3.19. The summed E-state index contributed by atoms with van der Waals surface area (Å²) in [7, 11) is 1.63. The Labute approximate surface area is 141 Å². The highest BCUT2D eigenvalue weighted by molar-refractivity contribution is 5.92. The Hall–Kier alpha value is -2.34.